The normalized spacial score (nSPS) is 26.8. The van der Waals surface area contributed by atoms with Gasteiger partial charge in [0.05, 0.1) is 11.6 Å². The quantitative estimate of drug-likeness (QED) is 0.728. The molecule has 86 valence electrons. The van der Waals surface area contributed by atoms with E-state index in [1.54, 1.807) is 0 Å². The smallest absolute Gasteiger partial charge is 0.0557 e. The molecule has 2 aromatic rings. The fraction of sp³-hybridized carbons (Fsp3) is 0.333. The summed E-state index contributed by atoms with van der Waals surface area (Å²) in [7, 11) is 0. The van der Waals surface area contributed by atoms with Gasteiger partial charge in [-0.15, -0.1) is 0 Å². The van der Waals surface area contributed by atoms with Crippen LogP contribution in [0.4, 0.5) is 0 Å². The Labute approximate surface area is 101 Å². The molecule has 1 aromatic heterocycles. The van der Waals surface area contributed by atoms with Gasteiger partial charge in [-0.2, -0.15) is 0 Å². The zero-order chi connectivity index (χ0) is 11.4. The Morgan fingerprint density at radius 2 is 2.24 bits per heavy atom. The molecule has 0 amide bonds. The number of para-hydroxylation sites is 1. The first-order chi connectivity index (χ1) is 8.33. The third-order valence-corrected chi connectivity index (χ3v) is 4.00. The van der Waals surface area contributed by atoms with Crippen LogP contribution in [0.5, 0.6) is 0 Å². The van der Waals surface area contributed by atoms with Gasteiger partial charge in [0.25, 0.3) is 0 Å². The van der Waals surface area contributed by atoms with Gasteiger partial charge in [0, 0.05) is 30.2 Å². The lowest BCUT2D eigenvalue weighted by Gasteiger charge is -2.33. The molecule has 2 atom stereocenters. The summed E-state index contributed by atoms with van der Waals surface area (Å²) < 4.78 is 2.38. The van der Waals surface area contributed by atoms with Crippen LogP contribution in [0.1, 0.15) is 12.5 Å². The molecule has 1 aromatic carbocycles. The minimum Gasteiger partial charge on any atom is -0.345 e. The second kappa shape index (κ2) is 3.23. The van der Waals surface area contributed by atoms with E-state index in [2.05, 4.69) is 53.3 Å². The molecule has 0 radical (unpaired) electrons. The number of nitrogens with zero attached hydrogens (tertiary/aromatic N) is 1. The lowest BCUT2D eigenvalue weighted by Crippen LogP contribution is -2.42. The average molecular weight is 224 g/mol. The summed E-state index contributed by atoms with van der Waals surface area (Å²) in [6, 6.07) is 9.36. The van der Waals surface area contributed by atoms with Crippen molar-refractivity contribution in [3.8, 4) is 0 Å². The molecule has 4 rings (SSSR count). The van der Waals surface area contributed by atoms with Crippen LogP contribution in [0.15, 0.2) is 36.5 Å². The van der Waals surface area contributed by atoms with Gasteiger partial charge in [0.1, 0.15) is 0 Å². The molecule has 3 heterocycles. The zero-order valence-corrected chi connectivity index (χ0v) is 9.98. The van der Waals surface area contributed by atoms with E-state index in [-0.39, 0.29) is 0 Å². The van der Waals surface area contributed by atoms with Crippen molar-refractivity contribution in [2.75, 3.05) is 6.54 Å². The largest absolute Gasteiger partial charge is 0.345 e. The van der Waals surface area contributed by atoms with Gasteiger partial charge < -0.3 is 9.88 Å². The van der Waals surface area contributed by atoms with E-state index < -0.39 is 0 Å². The number of hydrogen-bond acceptors (Lipinski definition) is 1. The Morgan fingerprint density at radius 3 is 3.18 bits per heavy atom. The predicted molar refractivity (Wildman–Crippen MR) is 70.9 cm³/mol. The molecule has 2 nitrogen and oxygen atoms in total. The molecule has 0 aliphatic carbocycles. The molecule has 0 fully saturated rings. The Morgan fingerprint density at radius 1 is 1.29 bits per heavy atom. The van der Waals surface area contributed by atoms with E-state index in [1.165, 1.54) is 22.0 Å². The van der Waals surface area contributed by atoms with Crippen molar-refractivity contribution in [1.29, 1.82) is 0 Å². The van der Waals surface area contributed by atoms with E-state index >= 15 is 0 Å². The highest BCUT2D eigenvalue weighted by atomic mass is 15.1. The predicted octanol–water partition coefficient (Wildman–Crippen LogP) is 2.65. The monoisotopic (exact) mass is 224 g/mol. The highest BCUT2D eigenvalue weighted by molar-refractivity contribution is 5.94. The summed E-state index contributed by atoms with van der Waals surface area (Å²) in [4.78, 5) is 0. The lowest BCUT2D eigenvalue weighted by atomic mass is 9.88. The van der Waals surface area contributed by atoms with Crippen LogP contribution in [0, 0.1) is 5.92 Å². The number of benzene rings is 1. The molecule has 0 saturated carbocycles. The first-order valence-corrected chi connectivity index (χ1v) is 6.36. The lowest BCUT2D eigenvalue weighted by molar-refractivity contribution is 0.472. The fourth-order valence-electron chi connectivity index (χ4n) is 3.20. The minimum absolute atomic E-state index is 0.497. The molecule has 0 bridgehead atoms. The Balaban J connectivity index is 2.04. The molecule has 0 unspecified atom stereocenters. The number of rotatable bonds is 0. The van der Waals surface area contributed by atoms with Gasteiger partial charge in [-0.25, -0.2) is 0 Å². The van der Waals surface area contributed by atoms with E-state index in [0.717, 1.165) is 13.1 Å². The van der Waals surface area contributed by atoms with Crippen LogP contribution in [0.2, 0.25) is 0 Å². The van der Waals surface area contributed by atoms with Crippen LogP contribution in [-0.2, 0) is 6.54 Å². The van der Waals surface area contributed by atoms with Gasteiger partial charge in [-0.05, 0) is 17.6 Å². The van der Waals surface area contributed by atoms with Crippen molar-refractivity contribution < 1.29 is 0 Å². The number of aromatic nitrogens is 1. The molecule has 2 aliphatic heterocycles. The standard InChI is InChI=1S/C15H16N2/c1-10-7-13-12-4-2-3-11-5-6-17(15(11)12)9-14(13)16-8-10/h2-7,10,14,16H,8-9H2,1H3/t10-,14-/m1/s1. The molecular formula is C15H16N2. The van der Waals surface area contributed by atoms with Gasteiger partial charge in [-0.1, -0.05) is 31.2 Å². The van der Waals surface area contributed by atoms with Crippen LogP contribution < -0.4 is 5.32 Å². The minimum atomic E-state index is 0.497. The van der Waals surface area contributed by atoms with Crippen LogP contribution in [0.3, 0.4) is 0 Å². The molecule has 17 heavy (non-hydrogen) atoms. The summed E-state index contributed by atoms with van der Waals surface area (Å²) in [6.07, 6.45) is 4.66. The number of hydrogen-bond donors (Lipinski definition) is 1. The second-order valence-electron chi connectivity index (χ2n) is 5.27. The Hall–Kier alpha value is -1.54. The Kier molecular flexibility index (Phi) is 1.80. The van der Waals surface area contributed by atoms with Crippen LogP contribution in [0.25, 0.3) is 16.5 Å². The first-order valence-electron chi connectivity index (χ1n) is 6.36. The molecular weight excluding hydrogens is 208 g/mol. The topological polar surface area (TPSA) is 17.0 Å². The van der Waals surface area contributed by atoms with Crippen molar-refractivity contribution in [3.63, 3.8) is 0 Å². The summed E-state index contributed by atoms with van der Waals surface area (Å²) in [5.74, 6) is 0.637. The first kappa shape index (κ1) is 9.49. The van der Waals surface area contributed by atoms with Gasteiger partial charge in [0.15, 0.2) is 0 Å². The number of nitrogens with one attached hydrogen (secondary N) is 1. The highest BCUT2D eigenvalue weighted by Gasteiger charge is 2.27. The second-order valence-corrected chi connectivity index (χ2v) is 5.27. The van der Waals surface area contributed by atoms with Crippen LogP contribution >= 0.6 is 0 Å². The van der Waals surface area contributed by atoms with Crippen molar-refractivity contribution in [3.05, 3.63) is 42.1 Å². The van der Waals surface area contributed by atoms with Gasteiger partial charge in [0.2, 0.25) is 0 Å². The maximum Gasteiger partial charge on any atom is 0.0557 e. The fourth-order valence-corrected chi connectivity index (χ4v) is 3.20. The summed E-state index contributed by atoms with van der Waals surface area (Å²) in [5, 5.41) is 5.02. The van der Waals surface area contributed by atoms with Crippen molar-refractivity contribution >= 4 is 16.5 Å². The third kappa shape index (κ3) is 1.25. The molecule has 2 heteroatoms. The van der Waals surface area contributed by atoms with E-state index in [0.29, 0.717) is 12.0 Å². The van der Waals surface area contributed by atoms with Crippen molar-refractivity contribution in [2.24, 2.45) is 5.92 Å². The zero-order valence-electron chi connectivity index (χ0n) is 9.98. The van der Waals surface area contributed by atoms with E-state index in [9.17, 15) is 0 Å². The highest BCUT2D eigenvalue weighted by Crippen LogP contribution is 2.35. The molecule has 0 spiro atoms. The summed E-state index contributed by atoms with van der Waals surface area (Å²) in [5.41, 5.74) is 4.33. The SMILES string of the molecule is C[C@@H]1C=C2c3cccc4ccn(c34)C[C@H]2NC1. The van der Waals surface area contributed by atoms with E-state index in [1.807, 2.05) is 0 Å². The molecule has 2 aliphatic rings. The molecule has 0 saturated heterocycles. The average Bonchev–Trinajstić information content (AvgIpc) is 2.75. The maximum atomic E-state index is 3.66. The van der Waals surface area contributed by atoms with Crippen LogP contribution in [-0.4, -0.2) is 17.2 Å². The van der Waals surface area contributed by atoms with Crippen molar-refractivity contribution in [2.45, 2.75) is 19.5 Å². The van der Waals surface area contributed by atoms with Crippen molar-refractivity contribution in [1.82, 2.24) is 9.88 Å². The number of fused-ring (bicyclic) bond motifs is 2. The van der Waals surface area contributed by atoms with E-state index in [4.69, 9.17) is 0 Å². The summed E-state index contributed by atoms with van der Waals surface area (Å²) in [6.45, 7) is 4.45. The third-order valence-electron chi connectivity index (χ3n) is 4.00. The summed E-state index contributed by atoms with van der Waals surface area (Å²) >= 11 is 0. The Bertz CT molecular complexity index is 621. The van der Waals surface area contributed by atoms with Gasteiger partial charge in [-0.3, -0.25) is 0 Å². The maximum absolute atomic E-state index is 3.66. The van der Waals surface area contributed by atoms with Gasteiger partial charge >= 0.3 is 0 Å². The molecule has 1 N–H and O–H groups in total.